The third-order valence-electron chi connectivity index (χ3n) is 5.83. The van der Waals surface area contributed by atoms with Crippen LogP contribution in [0.15, 0.2) is 109 Å². The number of para-hydroxylation sites is 1. The number of rotatable bonds is 4. The molecule has 3 aromatic heterocycles. The van der Waals surface area contributed by atoms with Crippen molar-refractivity contribution in [2.45, 2.75) is 6.92 Å². The second kappa shape index (κ2) is 7.92. The number of fused-ring (bicyclic) bond motifs is 3. The second-order valence-corrected chi connectivity index (χ2v) is 8.08. The van der Waals surface area contributed by atoms with Crippen LogP contribution in [0.25, 0.3) is 38.8 Å². The van der Waals surface area contributed by atoms with E-state index in [1.54, 1.807) is 6.20 Å². The van der Waals surface area contributed by atoms with Crippen LogP contribution in [0.1, 0.15) is 5.56 Å². The van der Waals surface area contributed by atoms with Crippen LogP contribution in [0, 0.1) is 6.92 Å². The van der Waals surface area contributed by atoms with Crippen LogP contribution < -0.4 is 4.74 Å². The Labute approximate surface area is 191 Å². The number of benzene rings is 3. The molecule has 0 aliphatic heterocycles. The van der Waals surface area contributed by atoms with Gasteiger partial charge in [-0.2, -0.15) is 0 Å². The van der Waals surface area contributed by atoms with Crippen molar-refractivity contribution in [1.29, 1.82) is 0 Å². The van der Waals surface area contributed by atoms with Gasteiger partial charge in [-0.25, -0.2) is 9.97 Å². The standard InChI is InChI=1S/C29H21N3O/c1-20-12-15-28(31-19-20)32-26-10-3-2-9-24(26)25-14-13-22(18-27(25)32)21-7-6-8-23(17-21)33-29-11-4-5-16-30-29/h2-19H,1H3. The summed E-state index contributed by atoms with van der Waals surface area (Å²) in [5, 5.41) is 2.42. The molecule has 0 aliphatic rings. The van der Waals surface area contributed by atoms with Gasteiger partial charge in [-0.3, -0.25) is 4.57 Å². The summed E-state index contributed by atoms with van der Waals surface area (Å²) in [6.45, 7) is 2.06. The SMILES string of the molecule is Cc1ccc(-n2c3ccccc3c3ccc(-c4cccc(Oc5ccccn5)c4)cc32)nc1. The smallest absolute Gasteiger partial charge is 0.219 e. The monoisotopic (exact) mass is 427 g/mol. The van der Waals surface area contributed by atoms with Crippen molar-refractivity contribution in [2.75, 3.05) is 0 Å². The Morgan fingerprint density at radius 3 is 2.36 bits per heavy atom. The first-order valence-corrected chi connectivity index (χ1v) is 10.9. The Bertz CT molecular complexity index is 1590. The van der Waals surface area contributed by atoms with E-state index in [2.05, 4.69) is 77.1 Å². The zero-order valence-electron chi connectivity index (χ0n) is 18.1. The Kier molecular flexibility index (Phi) is 4.62. The Morgan fingerprint density at radius 1 is 0.667 bits per heavy atom. The quantitative estimate of drug-likeness (QED) is 0.295. The lowest BCUT2D eigenvalue weighted by atomic mass is 10.0. The summed E-state index contributed by atoms with van der Waals surface area (Å²) in [5.74, 6) is 2.25. The fourth-order valence-corrected chi connectivity index (χ4v) is 4.26. The molecule has 0 atom stereocenters. The van der Waals surface area contributed by atoms with Crippen molar-refractivity contribution in [1.82, 2.24) is 14.5 Å². The molecular weight excluding hydrogens is 406 g/mol. The maximum absolute atomic E-state index is 5.95. The molecule has 3 heterocycles. The molecule has 0 saturated carbocycles. The number of aromatic nitrogens is 3. The Balaban J connectivity index is 1.50. The minimum Gasteiger partial charge on any atom is -0.439 e. The maximum Gasteiger partial charge on any atom is 0.219 e. The molecule has 0 aliphatic carbocycles. The van der Waals surface area contributed by atoms with Gasteiger partial charge >= 0.3 is 0 Å². The third-order valence-corrected chi connectivity index (χ3v) is 5.83. The van der Waals surface area contributed by atoms with E-state index in [1.165, 1.54) is 10.8 Å². The van der Waals surface area contributed by atoms with Crippen LogP contribution in [-0.2, 0) is 0 Å². The van der Waals surface area contributed by atoms with E-state index in [0.29, 0.717) is 5.88 Å². The summed E-state index contributed by atoms with van der Waals surface area (Å²) < 4.78 is 8.19. The van der Waals surface area contributed by atoms with E-state index < -0.39 is 0 Å². The lowest BCUT2D eigenvalue weighted by Gasteiger charge is -2.09. The van der Waals surface area contributed by atoms with Crippen molar-refractivity contribution in [3.8, 4) is 28.6 Å². The van der Waals surface area contributed by atoms with Gasteiger partial charge in [0.15, 0.2) is 0 Å². The molecular formula is C29H21N3O. The zero-order chi connectivity index (χ0) is 22.2. The summed E-state index contributed by atoms with van der Waals surface area (Å²) in [6.07, 6.45) is 3.64. The van der Waals surface area contributed by atoms with E-state index in [9.17, 15) is 0 Å². The predicted molar refractivity (Wildman–Crippen MR) is 133 cm³/mol. The molecule has 0 amide bonds. The average molecular weight is 428 g/mol. The summed E-state index contributed by atoms with van der Waals surface area (Å²) in [6, 6.07) is 33.0. The van der Waals surface area contributed by atoms with E-state index in [-0.39, 0.29) is 0 Å². The van der Waals surface area contributed by atoms with E-state index in [1.807, 2.05) is 42.6 Å². The summed E-state index contributed by atoms with van der Waals surface area (Å²) in [5.41, 5.74) is 5.61. The predicted octanol–water partition coefficient (Wildman–Crippen LogP) is 7.34. The first kappa shape index (κ1) is 19.3. The highest BCUT2D eigenvalue weighted by Gasteiger charge is 2.14. The van der Waals surface area contributed by atoms with Gasteiger partial charge in [0.25, 0.3) is 0 Å². The molecule has 33 heavy (non-hydrogen) atoms. The fraction of sp³-hybridized carbons (Fsp3) is 0.0345. The number of nitrogens with zero attached hydrogens (tertiary/aromatic N) is 3. The molecule has 0 N–H and O–H groups in total. The normalized spacial score (nSPS) is 11.2. The number of ether oxygens (including phenoxy) is 1. The highest BCUT2D eigenvalue weighted by Crippen LogP contribution is 2.35. The van der Waals surface area contributed by atoms with Crippen molar-refractivity contribution in [2.24, 2.45) is 0 Å². The highest BCUT2D eigenvalue weighted by atomic mass is 16.5. The van der Waals surface area contributed by atoms with Crippen LogP contribution in [0.5, 0.6) is 11.6 Å². The van der Waals surface area contributed by atoms with Crippen LogP contribution >= 0.6 is 0 Å². The van der Waals surface area contributed by atoms with Crippen molar-refractivity contribution in [3.05, 3.63) is 115 Å². The first-order chi connectivity index (χ1) is 16.3. The van der Waals surface area contributed by atoms with Crippen molar-refractivity contribution < 1.29 is 4.74 Å². The molecule has 6 aromatic rings. The molecule has 0 radical (unpaired) electrons. The van der Waals surface area contributed by atoms with Crippen LogP contribution in [0.4, 0.5) is 0 Å². The molecule has 0 saturated heterocycles. The summed E-state index contributed by atoms with van der Waals surface area (Å²) in [4.78, 5) is 8.98. The van der Waals surface area contributed by atoms with Gasteiger partial charge in [0.2, 0.25) is 5.88 Å². The third kappa shape index (κ3) is 3.52. The minimum atomic E-state index is 0.579. The lowest BCUT2D eigenvalue weighted by Crippen LogP contribution is -1.97. The second-order valence-electron chi connectivity index (χ2n) is 8.08. The number of pyridine rings is 2. The average Bonchev–Trinajstić information content (AvgIpc) is 3.19. The molecule has 0 unspecified atom stereocenters. The maximum atomic E-state index is 5.95. The first-order valence-electron chi connectivity index (χ1n) is 10.9. The molecule has 0 bridgehead atoms. The number of hydrogen-bond acceptors (Lipinski definition) is 3. The van der Waals surface area contributed by atoms with Gasteiger partial charge in [0, 0.05) is 29.2 Å². The minimum absolute atomic E-state index is 0.579. The molecule has 3 aromatic carbocycles. The van der Waals surface area contributed by atoms with E-state index >= 15 is 0 Å². The molecule has 158 valence electrons. The zero-order valence-corrected chi connectivity index (χ0v) is 18.1. The highest BCUT2D eigenvalue weighted by molar-refractivity contribution is 6.10. The van der Waals surface area contributed by atoms with Gasteiger partial charge in [-0.1, -0.05) is 54.6 Å². The van der Waals surface area contributed by atoms with Crippen molar-refractivity contribution >= 4 is 21.8 Å². The van der Waals surface area contributed by atoms with Gasteiger partial charge in [-0.05, 0) is 60.0 Å². The van der Waals surface area contributed by atoms with Gasteiger partial charge < -0.3 is 4.74 Å². The topological polar surface area (TPSA) is 39.9 Å². The Morgan fingerprint density at radius 2 is 1.52 bits per heavy atom. The van der Waals surface area contributed by atoms with Crippen LogP contribution in [-0.4, -0.2) is 14.5 Å². The number of aryl methyl sites for hydroxylation is 1. The number of hydrogen-bond donors (Lipinski definition) is 0. The van der Waals surface area contributed by atoms with E-state index in [0.717, 1.165) is 39.3 Å². The van der Waals surface area contributed by atoms with Gasteiger partial charge in [0.1, 0.15) is 11.6 Å². The summed E-state index contributed by atoms with van der Waals surface area (Å²) >= 11 is 0. The molecule has 4 nitrogen and oxygen atoms in total. The molecule has 0 fully saturated rings. The Hall–Kier alpha value is -4.44. The van der Waals surface area contributed by atoms with E-state index in [4.69, 9.17) is 9.72 Å². The lowest BCUT2D eigenvalue weighted by molar-refractivity contribution is 0.463. The molecule has 6 rings (SSSR count). The van der Waals surface area contributed by atoms with Crippen LogP contribution in [0.2, 0.25) is 0 Å². The van der Waals surface area contributed by atoms with Gasteiger partial charge in [-0.15, -0.1) is 0 Å². The van der Waals surface area contributed by atoms with Crippen LogP contribution in [0.3, 0.4) is 0 Å². The largest absolute Gasteiger partial charge is 0.439 e. The van der Waals surface area contributed by atoms with Gasteiger partial charge in [0.05, 0.1) is 11.0 Å². The molecule has 0 spiro atoms. The fourth-order valence-electron chi connectivity index (χ4n) is 4.26. The summed E-state index contributed by atoms with van der Waals surface area (Å²) in [7, 11) is 0. The van der Waals surface area contributed by atoms with Crippen molar-refractivity contribution in [3.63, 3.8) is 0 Å². The molecule has 4 heteroatoms.